The molecule has 2 aromatic rings. The first-order valence-corrected chi connectivity index (χ1v) is 16.7. The van der Waals surface area contributed by atoms with Gasteiger partial charge in [-0.05, 0) is 85.4 Å². The Morgan fingerprint density at radius 1 is 1.15 bits per heavy atom. The Morgan fingerprint density at radius 2 is 1.95 bits per heavy atom. The zero-order chi connectivity index (χ0) is 28.3. The van der Waals surface area contributed by atoms with Crippen molar-refractivity contribution in [2.75, 3.05) is 24.5 Å². The van der Waals surface area contributed by atoms with Crippen LogP contribution in [0.5, 0.6) is 0 Å². The largest absolute Gasteiger partial charge is 0.480 e. The minimum atomic E-state index is -1.02. The third-order valence-corrected chi connectivity index (χ3v) is 9.46. The zero-order valence-corrected chi connectivity index (χ0v) is 25.3. The summed E-state index contributed by atoms with van der Waals surface area (Å²) in [4.78, 5) is 29.0. The van der Waals surface area contributed by atoms with E-state index in [2.05, 4.69) is 16.4 Å². The second-order valence-electron chi connectivity index (χ2n) is 10.7. The molecule has 6 nitrogen and oxygen atoms in total. The van der Waals surface area contributed by atoms with Gasteiger partial charge in [-0.15, -0.1) is 11.8 Å². The van der Waals surface area contributed by atoms with Crippen LogP contribution in [-0.2, 0) is 16.1 Å². The Morgan fingerprint density at radius 3 is 2.70 bits per heavy atom. The summed E-state index contributed by atoms with van der Waals surface area (Å²) in [5, 5.41) is 12.3. The van der Waals surface area contributed by atoms with Gasteiger partial charge in [0.25, 0.3) is 5.91 Å². The summed E-state index contributed by atoms with van der Waals surface area (Å²) in [5.74, 6) is 0.363. The Bertz CT molecular complexity index is 1180. The van der Waals surface area contributed by atoms with Gasteiger partial charge in [-0.2, -0.15) is 11.8 Å². The molecular formula is C32H42N2O4S2. The minimum absolute atomic E-state index is 0.371. The molecule has 4 rings (SSSR count). The third kappa shape index (κ3) is 8.54. The van der Waals surface area contributed by atoms with Crippen LogP contribution >= 0.6 is 23.5 Å². The number of thioether (sulfide) groups is 2. The molecule has 0 spiro atoms. The fraction of sp³-hybridized carbons (Fsp3) is 0.500. The van der Waals surface area contributed by atoms with E-state index in [1.54, 1.807) is 17.8 Å². The number of aliphatic carboxylic acids is 1. The molecule has 1 saturated carbocycles. The molecule has 1 aliphatic carbocycles. The summed E-state index contributed by atoms with van der Waals surface area (Å²) in [5.41, 5.74) is 4.27. The first-order chi connectivity index (χ1) is 19.5. The van der Waals surface area contributed by atoms with Gasteiger partial charge in [0, 0.05) is 29.3 Å². The molecule has 2 N–H and O–H groups in total. The van der Waals surface area contributed by atoms with Gasteiger partial charge in [-0.3, -0.25) is 4.79 Å². The molecule has 0 radical (unpaired) electrons. The van der Waals surface area contributed by atoms with E-state index in [4.69, 9.17) is 4.74 Å². The van der Waals surface area contributed by atoms with E-state index in [9.17, 15) is 14.7 Å². The van der Waals surface area contributed by atoms with Crippen LogP contribution < -0.4 is 5.32 Å². The van der Waals surface area contributed by atoms with Crippen molar-refractivity contribution >= 4 is 35.4 Å². The average molecular weight is 583 g/mol. The van der Waals surface area contributed by atoms with E-state index < -0.39 is 12.0 Å². The minimum Gasteiger partial charge on any atom is -0.480 e. The molecule has 0 bridgehead atoms. The lowest BCUT2D eigenvalue weighted by Crippen LogP contribution is -2.41. The van der Waals surface area contributed by atoms with Crippen molar-refractivity contribution in [1.29, 1.82) is 0 Å². The van der Waals surface area contributed by atoms with Gasteiger partial charge in [0.15, 0.2) is 0 Å². The van der Waals surface area contributed by atoms with Crippen molar-refractivity contribution < 1.29 is 19.4 Å². The van der Waals surface area contributed by atoms with Crippen LogP contribution in [0.4, 0.5) is 0 Å². The van der Waals surface area contributed by atoms with Crippen molar-refractivity contribution in [2.45, 2.75) is 77.0 Å². The molecule has 1 heterocycles. The zero-order valence-electron chi connectivity index (χ0n) is 23.7. The van der Waals surface area contributed by atoms with Gasteiger partial charge in [0.05, 0.1) is 12.5 Å². The number of nitrogens with zero attached hydrogens (tertiary/aromatic N) is 1. The van der Waals surface area contributed by atoms with Crippen LogP contribution in [0.25, 0.3) is 11.1 Å². The number of carbonyl (C=O) groups excluding carboxylic acids is 1. The summed E-state index contributed by atoms with van der Waals surface area (Å²) < 4.78 is 6.05. The van der Waals surface area contributed by atoms with E-state index in [1.807, 2.05) is 61.3 Å². The number of allylic oxidation sites excluding steroid dienone is 1. The topological polar surface area (TPSA) is 78.9 Å². The number of carboxylic acids is 1. The Kier molecular flexibility index (Phi) is 11.9. The van der Waals surface area contributed by atoms with Crippen molar-refractivity contribution in [3.05, 3.63) is 70.3 Å². The Labute approximate surface area is 247 Å². The monoisotopic (exact) mass is 582 g/mol. The molecule has 1 amide bonds. The fourth-order valence-corrected chi connectivity index (χ4v) is 6.99. The van der Waals surface area contributed by atoms with Gasteiger partial charge in [-0.25, -0.2) is 4.79 Å². The lowest BCUT2D eigenvalue weighted by molar-refractivity contribution is -0.139. The van der Waals surface area contributed by atoms with Crippen LogP contribution in [0.1, 0.15) is 72.9 Å². The standard InChI is InChI=1S/C32H42N2O4S2/c1-23-9-6-7-13-27(23)29-19-24(14-15-28(29)31(35)33-30(32(36)37)16-18-39-2)21-38-17-8-12-26-20-34(22-40-26)25-10-4-3-5-11-25/h6-7,9,13-15,19-20,25,30H,3-5,8,10-12,16-18,21-22H2,1-2H3,(H,33,35)(H,36,37)/t30-/m0/s1. The highest BCUT2D eigenvalue weighted by molar-refractivity contribution is 8.03. The van der Waals surface area contributed by atoms with Crippen molar-refractivity contribution in [1.82, 2.24) is 10.2 Å². The summed E-state index contributed by atoms with van der Waals surface area (Å²) in [7, 11) is 0. The van der Waals surface area contributed by atoms with Crippen LogP contribution in [0.15, 0.2) is 53.6 Å². The average Bonchev–Trinajstić information content (AvgIpc) is 3.44. The molecule has 0 aromatic heterocycles. The van der Waals surface area contributed by atoms with Crippen molar-refractivity contribution in [3.8, 4) is 11.1 Å². The van der Waals surface area contributed by atoms with Gasteiger partial charge in [0.1, 0.15) is 6.04 Å². The molecule has 216 valence electrons. The highest BCUT2D eigenvalue weighted by atomic mass is 32.2. The lowest BCUT2D eigenvalue weighted by Gasteiger charge is -2.30. The SMILES string of the molecule is CSCC[C@H](NC(=O)c1ccc(COCCCC2=CN(C3CCCCC3)CS2)cc1-c1ccccc1C)C(=O)O. The van der Waals surface area contributed by atoms with E-state index in [0.717, 1.165) is 47.0 Å². The molecular weight excluding hydrogens is 540 g/mol. The molecule has 0 unspecified atom stereocenters. The number of aryl methyl sites for hydroxylation is 1. The van der Waals surface area contributed by atoms with Gasteiger partial charge in [0.2, 0.25) is 0 Å². The molecule has 8 heteroatoms. The van der Waals surface area contributed by atoms with Gasteiger partial charge in [-0.1, -0.05) is 49.6 Å². The highest BCUT2D eigenvalue weighted by Crippen LogP contribution is 2.34. The number of ether oxygens (including phenoxy) is 1. The quantitative estimate of drug-likeness (QED) is 0.231. The maximum absolute atomic E-state index is 13.3. The number of rotatable bonds is 14. The molecule has 1 aliphatic heterocycles. The fourth-order valence-electron chi connectivity index (χ4n) is 5.42. The molecule has 2 aromatic carbocycles. The summed E-state index contributed by atoms with van der Waals surface area (Å²) >= 11 is 3.53. The second-order valence-corrected chi connectivity index (χ2v) is 12.7. The van der Waals surface area contributed by atoms with Gasteiger partial charge >= 0.3 is 5.97 Å². The molecule has 2 aliphatic rings. The number of carbonyl (C=O) groups is 2. The molecule has 1 fully saturated rings. The molecule has 0 saturated heterocycles. The van der Waals surface area contributed by atoms with Gasteiger partial charge < -0.3 is 20.1 Å². The van der Waals surface area contributed by atoms with Crippen molar-refractivity contribution in [2.24, 2.45) is 0 Å². The number of carboxylic acid groups (broad SMARTS) is 1. The van der Waals surface area contributed by atoms with E-state index in [0.29, 0.717) is 31.0 Å². The Balaban J connectivity index is 1.36. The summed E-state index contributed by atoms with van der Waals surface area (Å²) in [6, 6.07) is 13.5. The van der Waals surface area contributed by atoms with E-state index in [-0.39, 0.29) is 5.91 Å². The smallest absolute Gasteiger partial charge is 0.326 e. The first kappa shape index (κ1) is 30.5. The summed E-state index contributed by atoms with van der Waals surface area (Å²) in [6.07, 6.45) is 13.5. The van der Waals surface area contributed by atoms with Crippen LogP contribution in [-0.4, -0.2) is 58.5 Å². The predicted octanol–water partition coefficient (Wildman–Crippen LogP) is 7.08. The summed E-state index contributed by atoms with van der Waals surface area (Å²) in [6.45, 7) is 3.16. The maximum Gasteiger partial charge on any atom is 0.326 e. The van der Waals surface area contributed by atoms with Crippen LogP contribution in [0.2, 0.25) is 0 Å². The maximum atomic E-state index is 13.3. The normalized spacial score (nSPS) is 16.6. The van der Waals surface area contributed by atoms with Crippen LogP contribution in [0, 0.1) is 6.92 Å². The van der Waals surface area contributed by atoms with E-state index in [1.165, 1.54) is 37.0 Å². The Hall–Kier alpha value is -2.42. The second kappa shape index (κ2) is 15.5. The number of benzene rings is 2. The number of nitrogens with one attached hydrogen (secondary N) is 1. The predicted molar refractivity (Wildman–Crippen MR) is 167 cm³/mol. The highest BCUT2D eigenvalue weighted by Gasteiger charge is 2.24. The first-order valence-electron chi connectivity index (χ1n) is 14.3. The van der Waals surface area contributed by atoms with Crippen LogP contribution in [0.3, 0.4) is 0 Å². The number of amides is 1. The third-order valence-electron chi connectivity index (χ3n) is 7.71. The van der Waals surface area contributed by atoms with Crippen molar-refractivity contribution in [3.63, 3.8) is 0 Å². The molecule has 1 atom stereocenters. The van der Waals surface area contributed by atoms with E-state index >= 15 is 0 Å². The number of hydrogen-bond donors (Lipinski definition) is 2. The lowest BCUT2D eigenvalue weighted by atomic mass is 9.93. The molecule has 40 heavy (non-hydrogen) atoms. The number of hydrogen-bond acceptors (Lipinski definition) is 6.